The first-order valence-electron chi connectivity index (χ1n) is 10.7. The summed E-state index contributed by atoms with van der Waals surface area (Å²) in [6.07, 6.45) is 1.42. The van der Waals surface area contributed by atoms with Crippen LogP contribution in [0.2, 0.25) is 5.02 Å². The van der Waals surface area contributed by atoms with Gasteiger partial charge in [0.1, 0.15) is 12.2 Å². The molecule has 178 valence electrons. The number of hydrogen-bond acceptors (Lipinski definition) is 5. The average Bonchev–Trinajstić information content (AvgIpc) is 2.82. The van der Waals surface area contributed by atoms with Crippen molar-refractivity contribution >= 4 is 57.1 Å². The number of urea groups is 1. The van der Waals surface area contributed by atoms with Crippen LogP contribution in [0.15, 0.2) is 76.8 Å². The molecule has 9 heteroatoms. The van der Waals surface area contributed by atoms with E-state index in [9.17, 15) is 14.4 Å². The summed E-state index contributed by atoms with van der Waals surface area (Å²) in [5.74, 6) is -0.540. The Hall–Kier alpha value is -3.62. The second kappa shape index (κ2) is 10.8. The SMILES string of the molecule is CCOc1cc(/C=C2\C(=O)NC(=O)N(c3ccc(Br)cc3)C2=O)ccc1OCc1cccc(Cl)c1. The number of imide groups is 2. The van der Waals surface area contributed by atoms with Crippen LogP contribution in [0.3, 0.4) is 0 Å². The molecule has 4 amide bonds. The highest BCUT2D eigenvalue weighted by atomic mass is 79.9. The molecule has 1 fully saturated rings. The number of carbonyl (C=O) groups excluding carboxylic acids is 3. The average molecular weight is 556 g/mol. The Kier molecular flexibility index (Phi) is 7.53. The van der Waals surface area contributed by atoms with E-state index in [0.29, 0.717) is 34.4 Å². The van der Waals surface area contributed by atoms with E-state index in [2.05, 4.69) is 21.2 Å². The molecule has 0 spiro atoms. The fourth-order valence-electron chi connectivity index (χ4n) is 3.44. The van der Waals surface area contributed by atoms with Gasteiger partial charge >= 0.3 is 6.03 Å². The summed E-state index contributed by atoms with van der Waals surface area (Å²) in [7, 11) is 0. The lowest BCUT2D eigenvalue weighted by molar-refractivity contribution is -0.122. The van der Waals surface area contributed by atoms with E-state index in [1.165, 1.54) is 6.08 Å². The lowest BCUT2D eigenvalue weighted by atomic mass is 10.1. The van der Waals surface area contributed by atoms with Crippen LogP contribution in [0.5, 0.6) is 11.5 Å². The third-order valence-electron chi connectivity index (χ3n) is 5.05. The Morgan fingerprint density at radius 1 is 0.971 bits per heavy atom. The summed E-state index contributed by atoms with van der Waals surface area (Å²) in [6.45, 7) is 2.51. The van der Waals surface area contributed by atoms with E-state index < -0.39 is 17.8 Å². The molecule has 35 heavy (non-hydrogen) atoms. The summed E-state index contributed by atoms with van der Waals surface area (Å²) in [5, 5.41) is 2.83. The minimum Gasteiger partial charge on any atom is -0.490 e. The number of nitrogens with zero attached hydrogens (tertiary/aromatic N) is 1. The van der Waals surface area contributed by atoms with Gasteiger partial charge in [-0.05, 0) is 72.7 Å². The van der Waals surface area contributed by atoms with Crippen LogP contribution in [-0.4, -0.2) is 24.5 Å². The van der Waals surface area contributed by atoms with Crippen LogP contribution in [0, 0.1) is 0 Å². The van der Waals surface area contributed by atoms with Crippen molar-refractivity contribution < 1.29 is 23.9 Å². The molecule has 0 unspecified atom stereocenters. The summed E-state index contributed by atoms with van der Waals surface area (Å²) < 4.78 is 12.4. The second-order valence-electron chi connectivity index (χ2n) is 7.49. The summed E-state index contributed by atoms with van der Waals surface area (Å²) in [6, 6.07) is 18.2. The molecule has 3 aromatic rings. The zero-order valence-corrected chi connectivity index (χ0v) is 20.9. The predicted octanol–water partition coefficient (Wildman–Crippen LogP) is 5.75. The van der Waals surface area contributed by atoms with Gasteiger partial charge in [-0.25, -0.2) is 9.69 Å². The largest absolute Gasteiger partial charge is 0.490 e. The maximum Gasteiger partial charge on any atom is 0.335 e. The molecular formula is C26H20BrClN2O5. The molecule has 0 aromatic heterocycles. The minimum absolute atomic E-state index is 0.178. The van der Waals surface area contributed by atoms with Gasteiger partial charge in [0.15, 0.2) is 11.5 Å². The number of rotatable bonds is 7. The molecule has 3 aromatic carbocycles. The molecule has 0 aliphatic carbocycles. The number of anilines is 1. The van der Waals surface area contributed by atoms with Crippen LogP contribution in [0.25, 0.3) is 6.08 Å². The first kappa shape index (κ1) is 24.5. The number of barbiturate groups is 1. The summed E-state index contributed by atoms with van der Waals surface area (Å²) in [4.78, 5) is 38.9. The van der Waals surface area contributed by atoms with E-state index in [1.807, 2.05) is 25.1 Å². The molecule has 7 nitrogen and oxygen atoms in total. The summed E-state index contributed by atoms with van der Waals surface area (Å²) >= 11 is 9.36. The molecule has 1 heterocycles. The molecule has 0 saturated carbocycles. The van der Waals surface area contributed by atoms with Gasteiger partial charge in [-0.1, -0.05) is 45.7 Å². The first-order valence-corrected chi connectivity index (χ1v) is 11.8. The highest BCUT2D eigenvalue weighted by Crippen LogP contribution is 2.31. The van der Waals surface area contributed by atoms with Crippen molar-refractivity contribution in [2.45, 2.75) is 13.5 Å². The number of hydrogen-bond donors (Lipinski definition) is 1. The third-order valence-corrected chi connectivity index (χ3v) is 5.81. The molecule has 0 bridgehead atoms. The molecule has 0 radical (unpaired) electrons. The van der Waals surface area contributed by atoms with Crippen LogP contribution < -0.4 is 19.7 Å². The van der Waals surface area contributed by atoms with Gasteiger partial charge in [-0.2, -0.15) is 0 Å². The number of halogens is 2. The number of amides is 4. The van der Waals surface area contributed by atoms with Gasteiger partial charge in [-0.15, -0.1) is 0 Å². The van der Waals surface area contributed by atoms with Gasteiger partial charge < -0.3 is 9.47 Å². The number of benzene rings is 3. The van der Waals surface area contributed by atoms with Crippen molar-refractivity contribution in [2.75, 3.05) is 11.5 Å². The maximum absolute atomic E-state index is 13.1. The van der Waals surface area contributed by atoms with Crippen molar-refractivity contribution in [3.05, 3.63) is 92.9 Å². The van der Waals surface area contributed by atoms with Crippen LogP contribution in [-0.2, 0) is 16.2 Å². The predicted molar refractivity (Wildman–Crippen MR) is 137 cm³/mol. The molecule has 1 aliphatic rings. The quantitative estimate of drug-likeness (QED) is 0.297. The zero-order chi connectivity index (χ0) is 24.9. The lowest BCUT2D eigenvalue weighted by Crippen LogP contribution is -2.54. The third kappa shape index (κ3) is 5.72. The Morgan fingerprint density at radius 2 is 1.74 bits per heavy atom. The molecular weight excluding hydrogens is 536 g/mol. The van der Waals surface area contributed by atoms with Crippen molar-refractivity contribution in [1.82, 2.24) is 5.32 Å². The van der Waals surface area contributed by atoms with E-state index in [4.69, 9.17) is 21.1 Å². The van der Waals surface area contributed by atoms with E-state index >= 15 is 0 Å². The minimum atomic E-state index is -0.806. The maximum atomic E-state index is 13.1. The Balaban J connectivity index is 1.61. The van der Waals surface area contributed by atoms with Crippen molar-refractivity contribution in [3.8, 4) is 11.5 Å². The first-order chi connectivity index (χ1) is 16.9. The normalized spacial score (nSPS) is 14.8. The number of nitrogens with one attached hydrogen (secondary N) is 1. The topological polar surface area (TPSA) is 84.9 Å². The van der Waals surface area contributed by atoms with Gasteiger partial charge in [-0.3, -0.25) is 14.9 Å². The van der Waals surface area contributed by atoms with Gasteiger partial charge in [0.25, 0.3) is 11.8 Å². The van der Waals surface area contributed by atoms with Crippen molar-refractivity contribution in [2.24, 2.45) is 0 Å². The van der Waals surface area contributed by atoms with Gasteiger partial charge in [0, 0.05) is 9.50 Å². The van der Waals surface area contributed by atoms with Crippen molar-refractivity contribution in [1.29, 1.82) is 0 Å². The lowest BCUT2D eigenvalue weighted by Gasteiger charge is -2.26. The van der Waals surface area contributed by atoms with Gasteiger partial charge in [0.2, 0.25) is 0 Å². The van der Waals surface area contributed by atoms with E-state index in [-0.39, 0.29) is 12.2 Å². The van der Waals surface area contributed by atoms with Crippen LogP contribution >= 0.6 is 27.5 Å². The molecule has 1 N–H and O–H groups in total. The van der Waals surface area contributed by atoms with Crippen molar-refractivity contribution in [3.63, 3.8) is 0 Å². The van der Waals surface area contributed by atoms with Crippen LogP contribution in [0.1, 0.15) is 18.1 Å². The fraction of sp³-hybridized carbons (Fsp3) is 0.115. The number of ether oxygens (including phenoxy) is 2. The molecule has 4 rings (SSSR count). The summed E-state index contributed by atoms with van der Waals surface area (Å²) in [5.41, 5.74) is 1.59. The van der Waals surface area contributed by atoms with E-state index in [1.54, 1.807) is 48.5 Å². The Bertz CT molecular complexity index is 1320. The fourth-order valence-corrected chi connectivity index (χ4v) is 3.92. The molecule has 1 aliphatic heterocycles. The molecule has 1 saturated heterocycles. The standard InChI is InChI=1S/C26H20BrClN2O5/c1-2-34-23-14-16(6-11-22(23)35-15-17-4-3-5-19(28)12-17)13-21-24(31)29-26(33)30(25(21)32)20-9-7-18(27)8-10-20/h3-14H,2,15H2,1H3,(H,29,31,33)/b21-13+. The highest BCUT2D eigenvalue weighted by Gasteiger charge is 2.36. The second-order valence-corrected chi connectivity index (χ2v) is 8.84. The molecule has 0 atom stereocenters. The Labute approximate surface area is 215 Å². The zero-order valence-electron chi connectivity index (χ0n) is 18.6. The highest BCUT2D eigenvalue weighted by molar-refractivity contribution is 9.10. The Morgan fingerprint density at radius 3 is 2.46 bits per heavy atom. The number of carbonyl (C=O) groups is 3. The van der Waals surface area contributed by atoms with E-state index in [0.717, 1.165) is 14.9 Å². The smallest absolute Gasteiger partial charge is 0.335 e. The van der Waals surface area contributed by atoms with Crippen LogP contribution in [0.4, 0.5) is 10.5 Å². The monoisotopic (exact) mass is 554 g/mol. The van der Waals surface area contributed by atoms with Gasteiger partial charge in [0.05, 0.1) is 12.3 Å².